The number of hydrogen-bond acceptors (Lipinski definition) is 5. The molecule has 0 saturated carbocycles. The quantitative estimate of drug-likeness (QED) is 0.814. The molecule has 0 unspecified atom stereocenters. The molecular weight excluding hydrogens is 214 g/mol. The smallest absolute Gasteiger partial charge is 0.147 e. The highest BCUT2D eigenvalue weighted by Gasteiger charge is 2.13. The predicted molar refractivity (Wildman–Crippen MR) is 65.6 cm³/mol. The standard InChI is InChI=1S/C12H17N5/c1-9-16-8-10(7-13)12(17-9)15-6-4-11-3-2-5-14-11/h8,11,14H,2-6H2,1H3,(H,15,16,17)/t11-/m1/s1. The fraction of sp³-hybridized carbons (Fsp3) is 0.583. The van der Waals surface area contributed by atoms with Gasteiger partial charge in [0.05, 0.1) is 6.20 Å². The van der Waals surface area contributed by atoms with E-state index in [1.54, 1.807) is 6.20 Å². The fourth-order valence-electron chi connectivity index (χ4n) is 2.05. The van der Waals surface area contributed by atoms with Gasteiger partial charge in [0, 0.05) is 12.6 Å². The van der Waals surface area contributed by atoms with Crippen LogP contribution < -0.4 is 10.6 Å². The SMILES string of the molecule is Cc1ncc(C#N)c(NCC[C@H]2CCCN2)n1. The topological polar surface area (TPSA) is 73.6 Å². The largest absolute Gasteiger partial charge is 0.369 e. The van der Waals surface area contributed by atoms with Crippen molar-refractivity contribution >= 4 is 5.82 Å². The molecule has 0 bridgehead atoms. The third-order valence-corrected chi connectivity index (χ3v) is 2.98. The Kier molecular flexibility index (Phi) is 3.89. The fourth-order valence-corrected chi connectivity index (χ4v) is 2.05. The number of nitrogens with zero attached hydrogens (tertiary/aromatic N) is 3. The van der Waals surface area contributed by atoms with Crippen LogP contribution >= 0.6 is 0 Å². The van der Waals surface area contributed by atoms with Gasteiger partial charge in [-0.3, -0.25) is 0 Å². The molecule has 5 nitrogen and oxygen atoms in total. The van der Waals surface area contributed by atoms with Crippen molar-refractivity contribution in [1.82, 2.24) is 15.3 Å². The highest BCUT2D eigenvalue weighted by atomic mass is 15.0. The van der Waals surface area contributed by atoms with Crippen molar-refractivity contribution in [2.75, 3.05) is 18.4 Å². The summed E-state index contributed by atoms with van der Waals surface area (Å²) in [6, 6.07) is 2.71. The molecule has 17 heavy (non-hydrogen) atoms. The molecule has 0 spiro atoms. The van der Waals surface area contributed by atoms with Crippen molar-refractivity contribution in [1.29, 1.82) is 5.26 Å². The van der Waals surface area contributed by atoms with E-state index in [-0.39, 0.29) is 0 Å². The molecule has 90 valence electrons. The molecule has 1 fully saturated rings. The summed E-state index contributed by atoms with van der Waals surface area (Å²) in [6.45, 7) is 3.79. The van der Waals surface area contributed by atoms with Gasteiger partial charge in [-0.25, -0.2) is 9.97 Å². The lowest BCUT2D eigenvalue weighted by atomic mass is 10.1. The second-order valence-corrected chi connectivity index (χ2v) is 4.30. The number of nitriles is 1. The molecule has 1 aliphatic heterocycles. The average molecular weight is 231 g/mol. The first kappa shape index (κ1) is 11.8. The Bertz CT molecular complexity index is 417. The van der Waals surface area contributed by atoms with Crippen LogP contribution in [0.15, 0.2) is 6.20 Å². The molecule has 0 aromatic carbocycles. The van der Waals surface area contributed by atoms with Crippen molar-refractivity contribution in [2.24, 2.45) is 0 Å². The van der Waals surface area contributed by atoms with Gasteiger partial charge in [-0.2, -0.15) is 5.26 Å². The summed E-state index contributed by atoms with van der Waals surface area (Å²) in [5.74, 6) is 1.34. The predicted octanol–water partition coefficient (Wildman–Crippen LogP) is 1.21. The normalized spacial score (nSPS) is 18.9. The summed E-state index contributed by atoms with van der Waals surface area (Å²) in [6.07, 6.45) is 5.14. The van der Waals surface area contributed by atoms with Crippen LogP contribution in [0.3, 0.4) is 0 Å². The maximum atomic E-state index is 8.94. The minimum absolute atomic E-state index is 0.509. The van der Waals surface area contributed by atoms with E-state index in [1.165, 1.54) is 12.8 Å². The zero-order chi connectivity index (χ0) is 12.1. The lowest BCUT2D eigenvalue weighted by Gasteiger charge is -2.11. The number of hydrogen-bond donors (Lipinski definition) is 2. The van der Waals surface area contributed by atoms with Crippen molar-refractivity contribution < 1.29 is 0 Å². The van der Waals surface area contributed by atoms with E-state index < -0.39 is 0 Å². The van der Waals surface area contributed by atoms with Crippen LogP contribution in [0.4, 0.5) is 5.82 Å². The van der Waals surface area contributed by atoms with E-state index in [4.69, 9.17) is 5.26 Å². The van der Waals surface area contributed by atoms with E-state index in [9.17, 15) is 0 Å². The molecule has 0 amide bonds. The summed E-state index contributed by atoms with van der Waals surface area (Å²) in [5, 5.41) is 15.6. The van der Waals surface area contributed by atoms with Gasteiger partial charge in [-0.1, -0.05) is 0 Å². The number of aromatic nitrogens is 2. The maximum absolute atomic E-state index is 8.94. The number of rotatable bonds is 4. The van der Waals surface area contributed by atoms with E-state index >= 15 is 0 Å². The van der Waals surface area contributed by atoms with Crippen LogP contribution in [-0.2, 0) is 0 Å². The number of nitrogens with one attached hydrogen (secondary N) is 2. The first-order chi connectivity index (χ1) is 8.29. The van der Waals surface area contributed by atoms with Gasteiger partial charge >= 0.3 is 0 Å². The summed E-state index contributed by atoms with van der Waals surface area (Å²) in [4.78, 5) is 8.25. The molecule has 1 aliphatic rings. The van der Waals surface area contributed by atoms with E-state index in [2.05, 4.69) is 26.7 Å². The van der Waals surface area contributed by atoms with Crippen molar-refractivity contribution in [2.45, 2.75) is 32.2 Å². The minimum atomic E-state index is 0.509. The van der Waals surface area contributed by atoms with E-state index in [0.29, 0.717) is 23.2 Å². The highest BCUT2D eigenvalue weighted by molar-refractivity contribution is 5.50. The lowest BCUT2D eigenvalue weighted by molar-refractivity contribution is 0.574. The Morgan fingerprint density at radius 3 is 3.24 bits per heavy atom. The van der Waals surface area contributed by atoms with Crippen LogP contribution in [0.1, 0.15) is 30.7 Å². The van der Waals surface area contributed by atoms with Crippen molar-refractivity contribution in [3.05, 3.63) is 17.6 Å². The third-order valence-electron chi connectivity index (χ3n) is 2.98. The van der Waals surface area contributed by atoms with Gasteiger partial charge < -0.3 is 10.6 Å². The molecule has 2 heterocycles. The summed E-state index contributed by atoms with van der Waals surface area (Å²) < 4.78 is 0. The van der Waals surface area contributed by atoms with Gasteiger partial charge in [-0.05, 0) is 32.7 Å². The first-order valence-electron chi connectivity index (χ1n) is 6.00. The third kappa shape index (κ3) is 3.14. The zero-order valence-electron chi connectivity index (χ0n) is 10.0. The number of anilines is 1. The van der Waals surface area contributed by atoms with Crippen molar-refractivity contribution in [3.63, 3.8) is 0 Å². The molecule has 2 rings (SSSR count). The molecule has 2 N–H and O–H groups in total. The monoisotopic (exact) mass is 231 g/mol. The van der Waals surface area contributed by atoms with Gasteiger partial charge in [0.15, 0.2) is 0 Å². The Balaban J connectivity index is 1.89. The summed E-state index contributed by atoms with van der Waals surface area (Å²) in [7, 11) is 0. The Morgan fingerprint density at radius 2 is 2.53 bits per heavy atom. The maximum Gasteiger partial charge on any atom is 0.147 e. The van der Waals surface area contributed by atoms with Crippen LogP contribution in [0.2, 0.25) is 0 Å². The van der Waals surface area contributed by atoms with Gasteiger partial charge in [0.1, 0.15) is 23.3 Å². The van der Waals surface area contributed by atoms with Gasteiger partial charge in [0.2, 0.25) is 0 Å². The molecular formula is C12H17N5. The molecule has 0 radical (unpaired) electrons. The highest BCUT2D eigenvalue weighted by Crippen LogP contribution is 2.12. The molecule has 1 saturated heterocycles. The lowest BCUT2D eigenvalue weighted by Crippen LogP contribution is -2.24. The second-order valence-electron chi connectivity index (χ2n) is 4.30. The van der Waals surface area contributed by atoms with Crippen LogP contribution in [0, 0.1) is 18.3 Å². The Labute approximate surface area is 101 Å². The summed E-state index contributed by atoms with van der Waals surface area (Å²) >= 11 is 0. The van der Waals surface area contributed by atoms with Crippen LogP contribution in [0.25, 0.3) is 0 Å². The Hall–Kier alpha value is -1.67. The van der Waals surface area contributed by atoms with Crippen LogP contribution in [-0.4, -0.2) is 29.1 Å². The molecule has 1 aromatic rings. The Morgan fingerprint density at radius 1 is 1.65 bits per heavy atom. The first-order valence-corrected chi connectivity index (χ1v) is 6.00. The van der Waals surface area contributed by atoms with Gasteiger partial charge in [-0.15, -0.1) is 0 Å². The molecule has 1 atom stereocenters. The molecule has 1 aromatic heterocycles. The summed E-state index contributed by atoms with van der Waals surface area (Å²) in [5.41, 5.74) is 0.509. The van der Waals surface area contributed by atoms with Crippen LogP contribution in [0.5, 0.6) is 0 Å². The van der Waals surface area contributed by atoms with Crippen molar-refractivity contribution in [3.8, 4) is 6.07 Å². The number of aryl methyl sites for hydroxylation is 1. The van der Waals surface area contributed by atoms with Gasteiger partial charge in [0.25, 0.3) is 0 Å². The second kappa shape index (κ2) is 5.60. The minimum Gasteiger partial charge on any atom is -0.369 e. The molecule has 5 heteroatoms. The van der Waals surface area contributed by atoms with E-state index in [0.717, 1.165) is 19.5 Å². The average Bonchev–Trinajstić information content (AvgIpc) is 2.82. The van der Waals surface area contributed by atoms with E-state index in [1.807, 2.05) is 6.92 Å². The zero-order valence-corrected chi connectivity index (χ0v) is 10.0. The molecule has 0 aliphatic carbocycles.